The van der Waals surface area contributed by atoms with Gasteiger partial charge >= 0.3 is 0 Å². The molecule has 2 aromatic rings. The number of rotatable bonds is 7. The van der Waals surface area contributed by atoms with E-state index in [0.29, 0.717) is 13.2 Å². The molecule has 1 N–H and O–H groups in total. The molecule has 23 heavy (non-hydrogen) atoms. The number of aryl methyl sites for hydroxylation is 2. The Morgan fingerprint density at radius 2 is 1.91 bits per heavy atom. The molecule has 2 rings (SSSR count). The largest absolute Gasteiger partial charge is 0.490 e. The molecular formula is C19H26N2O2. The van der Waals surface area contributed by atoms with Gasteiger partial charge in [0.05, 0.1) is 0 Å². The summed E-state index contributed by atoms with van der Waals surface area (Å²) in [5, 5.41) is 10.2. The van der Waals surface area contributed by atoms with Crippen molar-refractivity contribution in [2.24, 2.45) is 0 Å². The van der Waals surface area contributed by atoms with E-state index in [0.717, 1.165) is 29.0 Å². The Bertz CT molecular complexity index is 629. The van der Waals surface area contributed by atoms with Crippen LogP contribution >= 0.6 is 0 Å². The van der Waals surface area contributed by atoms with Gasteiger partial charge in [-0.3, -0.25) is 9.88 Å². The summed E-state index contributed by atoms with van der Waals surface area (Å²) in [4.78, 5) is 6.18. The molecule has 0 fully saturated rings. The second-order valence-electron chi connectivity index (χ2n) is 6.18. The van der Waals surface area contributed by atoms with Crippen molar-refractivity contribution in [2.75, 3.05) is 20.2 Å². The number of hydrogen-bond acceptors (Lipinski definition) is 4. The molecule has 0 aliphatic carbocycles. The van der Waals surface area contributed by atoms with Crippen LogP contribution in [0, 0.1) is 20.8 Å². The van der Waals surface area contributed by atoms with Gasteiger partial charge in [0.15, 0.2) is 0 Å². The summed E-state index contributed by atoms with van der Waals surface area (Å²) in [5.74, 6) is 0.888. The quantitative estimate of drug-likeness (QED) is 0.853. The van der Waals surface area contributed by atoms with Crippen LogP contribution in [0.5, 0.6) is 5.75 Å². The van der Waals surface area contributed by atoms with E-state index in [-0.39, 0.29) is 0 Å². The Hall–Kier alpha value is -1.91. The van der Waals surface area contributed by atoms with Crippen LogP contribution in [0.25, 0.3) is 0 Å². The lowest BCUT2D eigenvalue weighted by Gasteiger charge is -2.22. The van der Waals surface area contributed by atoms with E-state index in [1.54, 1.807) is 6.20 Å². The van der Waals surface area contributed by atoms with Gasteiger partial charge in [-0.1, -0.05) is 18.2 Å². The molecule has 4 heteroatoms. The van der Waals surface area contributed by atoms with Crippen LogP contribution in [-0.2, 0) is 6.54 Å². The van der Waals surface area contributed by atoms with E-state index in [4.69, 9.17) is 4.74 Å². The fourth-order valence-corrected chi connectivity index (χ4v) is 2.61. The topological polar surface area (TPSA) is 45.6 Å². The Morgan fingerprint density at radius 1 is 1.17 bits per heavy atom. The van der Waals surface area contributed by atoms with Crippen LogP contribution in [0.15, 0.2) is 36.7 Å². The molecule has 1 aromatic heterocycles. The van der Waals surface area contributed by atoms with Gasteiger partial charge in [0.25, 0.3) is 0 Å². The molecule has 1 atom stereocenters. The van der Waals surface area contributed by atoms with Crippen molar-refractivity contribution in [1.82, 2.24) is 9.88 Å². The van der Waals surface area contributed by atoms with E-state index >= 15 is 0 Å². The molecule has 0 spiro atoms. The summed E-state index contributed by atoms with van der Waals surface area (Å²) in [6, 6.07) is 8.10. The number of benzene rings is 1. The van der Waals surface area contributed by atoms with Crippen molar-refractivity contribution >= 4 is 0 Å². The number of nitrogens with zero attached hydrogens (tertiary/aromatic N) is 2. The Kier molecular flexibility index (Phi) is 6.13. The Balaban J connectivity index is 1.85. The molecular weight excluding hydrogens is 288 g/mol. The standard InChI is InChI=1S/C19H26N2O2/c1-14-7-8-15(2)19(16(14)3)23-13-18(22)12-21(4)11-17-6-5-9-20-10-17/h5-10,18,22H,11-13H2,1-4H3. The molecule has 0 saturated heterocycles. The minimum Gasteiger partial charge on any atom is -0.490 e. The highest BCUT2D eigenvalue weighted by Gasteiger charge is 2.12. The first-order valence-corrected chi connectivity index (χ1v) is 7.92. The third kappa shape index (κ3) is 5.05. The molecule has 1 unspecified atom stereocenters. The number of aliphatic hydroxyl groups is 1. The second-order valence-corrected chi connectivity index (χ2v) is 6.18. The van der Waals surface area contributed by atoms with Crippen molar-refractivity contribution < 1.29 is 9.84 Å². The monoisotopic (exact) mass is 314 g/mol. The van der Waals surface area contributed by atoms with Gasteiger partial charge in [0.2, 0.25) is 0 Å². The van der Waals surface area contributed by atoms with Gasteiger partial charge < -0.3 is 9.84 Å². The van der Waals surface area contributed by atoms with Crippen LogP contribution in [0.2, 0.25) is 0 Å². The Morgan fingerprint density at radius 3 is 2.61 bits per heavy atom. The van der Waals surface area contributed by atoms with Crippen molar-refractivity contribution in [3.63, 3.8) is 0 Å². The maximum absolute atomic E-state index is 10.2. The van der Waals surface area contributed by atoms with Gasteiger partial charge in [0.1, 0.15) is 18.5 Å². The molecule has 0 radical (unpaired) electrons. The number of pyridine rings is 1. The van der Waals surface area contributed by atoms with Crippen LogP contribution in [0.1, 0.15) is 22.3 Å². The SMILES string of the molecule is Cc1ccc(C)c(OCC(O)CN(C)Cc2cccnc2)c1C. The first-order chi connectivity index (χ1) is 11.0. The smallest absolute Gasteiger partial charge is 0.125 e. The van der Waals surface area contributed by atoms with Crippen LogP contribution < -0.4 is 4.74 Å². The summed E-state index contributed by atoms with van der Waals surface area (Å²) in [7, 11) is 1.99. The van der Waals surface area contributed by atoms with Crippen LogP contribution in [-0.4, -0.2) is 41.3 Å². The zero-order valence-corrected chi connectivity index (χ0v) is 14.4. The van der Waals surface area contributed by atoms with Gasteiger partial charge in [-0.15, -0.1) is 0 Å². The third-order valence-corrected chi connectivity index (χ3v) is 3.99. The van der Waals surface area contributed by atoms with Crippen molar-refractivity contribution in [3.8, 4) is 5.75 Å². The average Bonchev–Trinajstić information content (AvgIpc) is 2.52. The molecule has 0 aliphatic heterocycles. The third-order valence-electron chi connectivity index (χ3n) is 3.99. The molecule has 1 aromatic carbocycles. The van der Waals surface area contributed by atoms with Crippen molar-refractivity contribution in [1.29, 1.82) is 0 Å². The molecule has 0 amide bonds. The highest BCUT2D eigenvalue weighted by molar-refractivity contribution is 5.44. The normalized spacial score (nSPS) is 12.4. The highest BCUT2D eigenvalue weighted by atomic mass is 16.5. The zero-order chi connectivity index (χ0) is 16.8. The number of likely N-dealkylation sites (N-methyl/N-ethyl adjacent to an activating group) is 1. The fraction of sp³-hybridized carbons (Fsp3) is 0.421. The fourth-order valence-electron chi connectivity index (χ4n) is 2.61. The summed E-state index contributed by atoms with van der Waals surface area (Å²) in [6.45, 7) is 7.76. The minimum absolute atomic E-state index is 0.294. The lowest BCUT2D eigenvalue weighted by Crippen LogP contribution is -2.33. The van der Waals surface area contributed by atoms with Crippen LogP contribution in [0.3, 0.4) is 0 Å². The maximum atomic E-state index is 10.2. The minimum atomic E-state index is -0.531. The Labute approximate surface area is 138 Å². The van der Waals surface area contributed by atoms with Crippen molar-refractivity contribution in [2.45, 2.75) is 33.4 Å². The van der Waals surface area contributed by atoms with Crippen LogP contribution in [0.4, 0.5) is 0 Å². The first-order valence-electron chi connectivity index (χ1n) is 7.92. The summed E-state index contributed by atoms with van der Waals surface area (Å²) in [6.07, 6.45) is 3.08. The predicted molar refractivity (Wildman–Crippen MR) is 92.7 cm³/mol. The molecule has 124 valence electrons. The van der Waals surface area contributed by atoms with Gasteiger partial charge in [0, 0.05) is 25.5 Å². The van der Waals surface area contributed by atoms with Crippen molar-refractivity contribution in [3.05, 3.63) is 58.9 Å². The van der Waals surface area contributed by atoms with Gasteiger partial charge in [-0.25, -0.2) is 0 Å². The van der Waals surface area contributed by atoms with E-state index in [9.17, 15) is 5.11 Å². The summed E-state index contributed by atoms with van der Waals surface area (Å²) >= 11 is 0. The molecule has 0 bridgehead atoms. The average molecular weight is 314 g/mol. The number of ether oxygens (including phenoxy) is 1. The van der Waals surface area contributed by atoms with E-state index in [2.05, 4.69) is 35.9 Å². The zero-order valence-electron chi connectivity index (χ0n) is 14.4. The second kappa shape index (κ2) is 8.09. The molecule has 0 aliphatic rings. The van der Waals surface area contributed by atoms with E-state index in [1.807, 2.05) is 32.3 Å². The lowest BCUT2D eigenvalue weighted by atomic mass is 10.1. The number of aromatic nitrogens is 1. The van der Waals surface area contributed by atoms with E-state index < -0.39 is 6.10 Å². The molecule has 0 saturated carbocycles. The number of aliphatic hydroxyl groups excluding tert-OH is 1. The summed E-state index contributed by atoms with van der Waals surface area (Å²) < 4.78 is 5.87. The molecule has 4 nitrogen and oxygen atoms in total. The maximum Gasteiger partial charge on any atom is 0.125 e. The summed E-state index contributed by atoms with van der Waals surface area (Å²) in [5.41, 5.74) is 4.58. The van der Waals surface area contributed by atoms with Gasteiger partial charge in [-0.05, 0) is 56.1 Å². The number of hydrogen-bond donors (Lipinski definition) is 1. The van der Waals surface area contributed by atoms with E-state index in [1.165, 1.54) is 5.56 Å². The first kappa shape index (κ1) is 17.4. The lowest BCUT2D eigenvalue weighted by molar-refractivity contribution is 0.0738. The van der Waals surface area contributed by atoms with Gasteiger partial charge in [-0.2, -0.15) is 0 Å². The molecule has 1 heterocycles. The highest BCUT2D eigenvalue weighted by Crippen LogP contribution is 2.25. The predicted octanol–water partition coefficient (Wildman–Crippen LogP) is 2.88.